The Morgan fingerprint density at radius 3 is 2.72 bits per heavy atom. The number of nitrogens with one attached hydrogen (secondary N) is 1. The first-order valence-corrected chi connectivity index (χ1v) is 6.46. The predicted molar refractivity (Wildman–Crippen MR) is 75.2 cm³/mol. The zero-order chi connectivity index (χ0) is 13.1. The summed E-state index contributed by atoms with van der Waals surface area (Å²) < 4.78 is 1.87. The Bertz CT molecular complexity index is 551. The topological polar surface area (TPSA) is 42.7 Å². The standard InChI is InChI=1S/C12H14Cl2N4/c1-3-4-15-11-9(14)7-8(13)10(17-11)12-16-5-6-18(12)2/h5-7H,3-4H2,1-2H3,(H,15,17). The number of anilines is 1. The monoisotopic (exact) mass is 284 g/mol. The van der Waals surface area contributed by atoms with E-state index in [1.807, 2.05) is 17.8 Å². The first-order chi connectivity index (χ1) is 8.63. The van der Waals surface area contributed by atoms with Crippen LogP contribution >= 0.6 is 23.2 Å². The number of aryl methyl sites for hydroxylation is 1. The highest BCUT2D eigenvalue weighted by atomic mass is 35.5. The number of halogens is 2. The van der Waals surface area contributed by atoms with Crippen molar-refractivity contribution in [3.05, 3.63) is 28.5 Å². The van der Waals surface area contributed by atoms with E-state index in [-0.39, 0.29) is 0 Å². The molecular weight excluding hydrogens is 271 g/mol. The van der Waals surface area contributed by atoms with E-state index in [2.05, 4.69) is 22.2 Å². The molecule has 0 saturated heterocycles. The summed E-state index contributed by atoms with van der Waals surface area (Å²) in [5.74, 6) is 1.36. The van der Waals surface area contributed by atoms with Crippen LogP contribution < -0.4 is 5.32 Å². The second kappa shape index (κ2) is 5.59. The lowest BCUT2D eigenvalue weighted by Gasteiger charge is -2.10. The Hall–Kier alpha value is -1.26. The summed E-state index contributed by atoms with van der Waals surface area (Å²) in [6.07, 6.45) is 4.56. The average molecular weight is 285 g/mol. The van der Waals surface area contributed by atoms with Crippen LogP contribution in [0.3, 0.4) is 0 Å². The van der Waals surface area contributed by atoms with Gasteiger partial charge in [-0.3, -0.25) is 0 Å². The van der Waals surface area contributed by atoms with Crippen molar-refractivity contribution >= 4 is 29.0 Å². The third kappa shape index (κ3) is 2.60. The minimum absolute atomic E-state index is 0.497. The molecule has 2 rings (SSSR count). The zero-order valence-corrected chi connectivity index (χ0v) is 11.8. The highest BCUT2D eigenvalue weighted by Gasteiger charge is 2.14. The maximum absolute atomic E-state index is 6.17. The second-order valence-electron chi connectivity index (χ2n) is 3.94. The van der Waals surface area contributed by atoms with Gasteiger partial charge in [-0.05, 0) is 12.5 Å². The molecule has 0 atom stereocenters. The molecule has 96 valence electrons. The van der Waals surface area contributed by atoms with Gasteiger partial charge in [0.2, 0.25) is 0 Å². The van der Waals surface area contributed by atoms with Crippen LogP contribution in [-0.2, 0) is 7.05 Å². The SMILES string of the molecule is CCCNc1nc(-c2nccn2C)c(Cl)cc1Cl. The first-order valence-electron chi connectivity index (χ1n) is 5.71. The molecule has 2 aromatic rings. The molecule has 0 aliphatic carbocycles. The summed E-state index contributed by atoms with van der Waals surface area (Å²) in [5.41, 5.74) is 0.632. The van der Waals surface area contributed by atoms with Gasteiger partial charge < -0.3 is 9.88 Å². The number of nitrogens with zero attached hydrogens (tertiary/aromatic N) is 3. The number of pyridine rings is 1. The van der Waals surface area contributed by atoms with Crippen LogP contribution in [0.5, 0.6) is 0 Å². The lowest BCUT2D eigenvalue weighted by Crippen LogP contribution is -2.04. The van der Waals surface area contributed by atoms with Crippen molar-refractivity contribution < 1.29 is 0 Å². The highest BCUT2D eigenvalue weighted by molar-refractivity contribution is 6.37. The average Bonchev–Trinajstić information content (AvgIpc) is 2.74. The molecule has 0 radical (unpaired) electrons. The van der Waals surface area contributed by atoms with Gasteiger partial charge in [0.1, 0.15) is 11.5 Å². The van der Waals surface area contributed by atoms with Gasteiger partial charge >= 0.3 is 0 Å². The van der Waals surface area contributed by atoms with Crippen LogP contribution in [0.1, 0.15) is 13.3 Å². The van der Waals surface area contributed by atoms with Crippen LogP contribution in [0, 0.1) is 0 Å². The quantitative estimate of drug-likeness (QED) is 0.933. The van der Waals surface area contributed by atoms with Crippen molar-refractivity contribution in [3.8, 4) is 11.5 Å². The van der Waals surface area contributed by atoms with Gasteiger partial charge in [0.25, 0.3) is 0 Å². The van der Waals surface area contributed by atoms with E-state index < -0.39 is 0 Å². The summed E-state index contributed by atoms with van der Waals surface area (Å²) in [6.45, 7) is 2.89. The molecule has 1 N–H and O–H groups in total. The number of aromatic nitrogens is 3. The van der Waals surface area contributed by atoms with E-state index in [4.69, 9.17) is 23.2 Å². The smallest absolute Gasteiger partial charge is 0.160 e. The zero-order valence-electron chi connectivity index (χ0n) is 10.2. The van der Waals surface area contributed by atoms with Gasteiger partial charge in [-0.25, -0.2) is 9.97 Å². The Balaban J connectivity index is 2.45. The minimum Gasteiger partial charge on any atom is -0.369 e. The van der Waals surface area contributed by atoms with Gasteiger partial charge in [0.15, 0.2) is 5.82 Å². The fraction of sp³-hybridized carbons (Fsp3) is 0.333. The Labute approximate surface area is 116 Å². The fourth-order valence-corrected chi connectivity index (χ4v) is 2.09. The van der Waals surface area contributed by atoms with Crippen LogP contribution in [0.2, 0.25) is 10.0 Å². The lowest BCUT2D eigenvalue weighted by atomic mass is 10.3. The number of imidazole rings is 1. The van der Waals surface area contributed by atoms with Gasteiger partial charge in [-0.2, -0.15) is 0 Å². The fourth-order valence-electron chi connectivity index (χ4n) is 1.58. The molecule has 18 heavy (non-hydrogen) atoms. The van der Waals surface area contributed by atoms with Gasteiger partial charge in [-0.1, -0.05) is 30.1 Å². The highest BCUT2D eigenvalue weighted by Crippen LogP contribution is 2.31. The third-order valence-electron chi connectivity index (χ3n) is 2.50. The molecule has 0 amide bonds. The Morgan fingerprint density at radius 2 is 2.11 bits per heavy atom. The molecule has 2 aromatic heterocycles. The third-order valence-corrected chi connectivity index (χ3v) is 3.08. The largest absolute Gasteiger partial charge is 0.369 e. The minimum atomic E-state index is 0.497. The summed E-state index contributed by atoms with van der Waals surface area (Å²) in [7, 11) is 1.90. The van der Waals surface area contributed by atoms with Crippen molar-refractivity contribution in [2.75, 3.05) is 11.9 Å². The predicted octanol–water partition coefficient (Wildman–Crippen LogP) is 3.61. The van der Waals surface area contributed by atoms with Crippen LogP contribution in [0.4, 0.5) is 5.82 Å². The summed E-state index contributed by atoms with van der Waals surface area (Å²) in [5, 5.41) is 4.19. The van der Waals surface area contributed by atoms with Crippen molar-refractivity contribution in [3.63, 3.8) is 0 Å². The van der Waals surface area contributed by atoms with Gasteiger partial charge in [0.05, 0.1) is 10.0 Å². The number of hydrogen-bond donors (Lipinski definition) is 1. The molecule has 0 fully saturated rings. The molecule has 6 heteroatoms. The Morgan fingerprint density at radius 1 is 1.33 bits per heavy atom. The maximum Gasteiger partial charge on any atom is 0.160 e. The molecule has 0 unspecified atom stereocenters. The van der Waals surface area contributed by atoms with Crippen LogP contribution in [-0.4, -0.2) is 21.1 Å². The van der Waals surface area contributed by atoms with Crippen molar-refractivity contribution in [1.82, 2.24) is 14.5 Å². The van der Waals surface area contributed by atoms with Gasteiger partial charge in [0, 0.05) is 26.0 Å². The molecule has 0 spiro atoms. The molecule has 0 bridgehead atoms. The van der Waals surface area contributed by atoms with Gasteiger partial charge in [-0.15, -0.1) is 0 Å². The molecule has 4 nitrogen and oxygen atoms in total. The van der Waals surface area contributed by atoms with Crippen molar-refractivity contribution in [2.24, 2.45) is 7.05 Å². The van der Waals surface area contributed by atoms with Crippen molar-refractivity contribution in [1.29, 1.82) is 0 Å². The van der Waals surface area contributed by atoms with E-state index in [0.29, 0.717) is 21.6 Å². The normalized spacial score (nSPS) is 10.7. The van der Waals surface area contributed by atoms with E-state index in [1.54, 1.807) is 12.3 Å². The van der Waals surface area contributed by atoms with E-state index in [0.717, 1.165) is 18.8 Å². The molecular formula is C12H14Cl2N4. The first kappa shape index (κ1) is 13.2. The summed E-state index contributed by atoms with van der Waals surface area (Å²) in [6, 6.07) is 1.69. The Kier molecular flexibility index (Phi) is 4.09. The molecule has 0 aromatic carbocycles. The van der Waals surface area contributed by atoms with Crippen LogP contribution in [0.15, 0.2) is 18.5 Å². The van der Waals surface area contributed by atoms with E-state index >= 15 is 0 Å². The summed E-state index contributed by atoms with van der Waals surface area (Å²) >= 11 is 12.3. The molecule has 2 heterocycles. The maximum atomic E-state index is 6.17. The van der Waals surface area contributed by atoms with Crippen LogP contribution in [0.25, 0.3) is 11.5 Å². The van der Waals surface area contributed by atoms with E-state index in [1.165, 1.54) is 0 Å². The molecule has 0 saturated carbocycles. The molecule has 0 aliphatic rings. The van der Waals surface area contributed by atoms with E-state index in [9.17, 15) is 0 Å². The summed E-state index contributed by atoms with van der Waals surface area (Å²) in [4.78, 5) is 8.70. The number of hydrogen-bond acceptors (Lipinski definition) is 3. The van der Waals surface area contributed by atoms with Crippen molar-refractivity contribution in [2.45, 2.75) is 13.3 Å². The molecule has 0 aliphatic heterocycles. The number of rotatable bonds is 4. The lowest BCUT2D eigenvalue weighted by molar-refractivity contribution is 0.915. The second-order valence-corrected chi connectivity index (χ2v) is 4.75.